The molecule has 1 aliphatic heterocycles. The molecule has 2 fully saturated rings. The van der Waals surface area contributed by atoms with Gasteiger partial charge in [0.15, 0.2) is 0 Å². The Morgan fingerprint density at radius 3 is 2.71 bits per heavy atom. The highest BCUT2D eigenvalue weighted by atomic mass is 32.2. The van der Waals surface area contributed by atoms with Gasteiger partial charge in [-0.05, 0) is 43.3 Å². The summed E-state index contributed by atoms with van der Waals surface area (Å²) in [4.78, 5) is 0. The summed E-state index contributed by atoms with van der Waals surface area (Å²) in [6.45, 7) is 5.97. The summed E-state index contributed by atoms with van der Waals surface area (Å²) in [7, 11) is 0. The standard InChI is InChI=1S/C12H23NS/c1-9(2)10-6-11(7-10)13-8-12-4-3-5-14-12/h9-13H,3-8H2,1-2H3. The number of hydrogen-bond acceptors (Lipinski definition) is 2. The summed E-state index contributed by atoms with van der Waals surface area (Å²) >= 11 is 2.16. The largest absolute Gasteiger partial charge is 0.313 e. The molecule has 2 heteroatoms. The van der Waals surface area contributed by atoms with Crippen molar-refractivity contribution in [3.8, 4) is 0 Å². The lowest BCUT2D eigenvalue weighted by molar-refractivity contribution is 0.169. The molecule has 1 nitrogen and oxygen atoms in total. The molecule has 1 saturated carbocycles. The van der Waals surface area contributed by atoms with Gasteiger partial charge in [0.05, 0.1) is 0 Å². The van der Waals surface area contributed by atoms with E-state index in [9.17, 15) is 0 Å². The molecular weight excluding hydrogens is 190 g/mol. The van der Waals surface area contributed by atoms with Crippen LogP contribution in [0.4, 0.5) is 0 Å². The van der Waals surface area contributed by atoms with E-state index in [-0.39, 0.29) is 0 Å². The molecule has 1 N–H and O–H groups in total. The fraction of sp³-hybridized carbons (Fsp3) is 1.00. The minimum atomic E-state index is 0.851. The van der Waals surface area contributed by atoms with Gasteiger partial charge in [-0.1, -0.05) is 13.8 Å². The Hall–Kier alpha value is 0.310. The van der Waals surface area contributed by atoms with Gasteiger partial charge in [-0.15, -0.1) is 0 Å². The Balaban J connectivity index is 1.55. The van der Waals surface area contributed by atoms with Crippen LogP contribution in [0.1, 0.15) is 39.5 Å². The first-order valence-corrected chi connectivity index (χ1v) is 7.15. The average molecular weight is 213 g/mol. The molecule has 0 amide bonds. The van der Waals surface area contributed by atoms with Gasteiger partial charge < -0.3 is 5.32 Å². The minimum Gasteiger partial charge on any atom is -0.313 e. The van der Waals surface area contributed by atoms with Crippen molar-refractivity contribution in [2.45, 2.75) is 50.8 Å². The van der Waals surface area contributed by atoms with E-state index in [1.165, 1.54) is 38.0 Å². The van der Waals surface area contributed by atoms with E-state index >= 15 is 0 Å². The predicted molar refractivity (Wildman–Crippen MR) is 64.8 cm³/mol. The average Bonchev–Trinajstić information content (AvgIpc) is 2.52. The zero-order valence-electron chi connectivity index (χ0n) is 9.46. The Labute approximate surface area is 92.4 Å². The highest BCUT2D eigenvalue weighted by Crippen LogP contribution is 2.34. The zero-order valence-corrected chi connectivity index (χ0v) is 10.3. The second-order valence-electron chi connectivity index (χ2n) is 5.22. The maximum Gasteiger partial charge on any atom is 0.0172 e. The Bertz CT molecular complexity index is 169. The van der Waals surface area contributed by atoms with E-state index < -0.39 is 0 Å². The van der Waals surface area contributed by atoms with Gasteiger partial charge in [-0.25, -0.2) is 0 Å². The molecule has 2 aliphatic rings. The third-order valence-electron chi connectivity index (χ3n) is 3.78. The van der Waals surface area contributed by atoms with Crippen LogP contribution in [-0.4, -0.2) is 23.6 Å². The van der Waals surface area contributed by atoms with Crippen LogP contribution < -0.4 is 5.32 Å². The Morgan fingerprint density at radius 1 is 1.36 bits per heavy atom. The SMILES string of the molecule is CC(C)C1CC(NCC2CCCS2)C1. The lowest BCUT2D eigenvalue weighted by atomic mass is 9.74. The van der Waals surface area contributed by atoms with Crippen molar-refractivity contribution < 1.29 is 0 Å². The van der Waals surface area contributed by atoms with Gasteiger partial charge >= 0.3 is 0 Å². The van der Waals surface area contributed by atoms with Crippen LogP contribution in [0, 0.1) is 11.8 Å². The monoisotopic (exact) mass is 213 g/mol. The maximum absolute atomic E-state index is 3.73. The van der Waals surface area contributed by atoms with Crippen LogP contribution in [0.2, 0.25) is 0 Å². The zero-order chi connectivity index (χ0) is 9.97. The van der Waals surface area contributed by atoms with Crippen molar-refractivity contribution in [2.75, 3.05) is 12.3 Å². The van der Waals surface area contributed by atoms with E-state index in [1.54, 1.807) is 0 Å². The molecule has 0 radical (unpaired) electrons. The predicted octanol–water partition coefficient (Wildman–Crippen LogP) is 2.91. The molecule has 2 rings (SSSR count). The summed E-state index contributed by atoms with van der Waals surface area (Å²) < 4.78 is 0. The van der Waals surface area contributed by atoms with Crippen LogP contribution in [-0.2, 0) is 0 Å². The topological polar surface area (TPSA) is 12.0 Å². The lowest BCUT2D eigenvalue weighted by Crippen LogP contribution is -2.44. The fourth-order valence-electron chi connectivity index (χ4n) is 2.48. The molecule has 0 aromatic rings. The van der Waals surface area contributed by atoms with Crippen LogP contribution in [0.25, 0.3) is 0 Å². The van der Waals surface area contributed by atoms with Crippen LogP contribution >= 0.6 is 11.8 Å². The Morgan fingerprint density at radius 2 is 2.14 bits per heavy atom. The van der Waals surface area contributed by atoms with Gasteiger partial charge in [-0.2, -0.15) is 11.8 Å². The Kier molecular flexibility index (Phi) is 3.78. The molecule has 1 atom stereocenters. The molecule has 1 saturated heterocycles. The van der Waals surface area contributed by atoms with Gasteiger partial charge in [0, 0.05) is 17.8 Å². The lowest BCUT2D eigenvalue weighted by Gasteiger charge is -2.39. The smallest absolute Gasteiger partial charge is 0.0172 e. The van der Waals surface area contributed by atoms with Gasteiger partial charge in [0.2, 0.25) is 0 Å². The molecule has 1 aliphatic carbocycles. The maximum atomic E-state index is 3.73. The molecular formula is C12H23NS. The van der Waals surface area contributed by atoms with E-state index in [2.05, 4.69) is 30.9 Å². The van der Waals surface area contributed by atoms with Crippen molar-refractivity contribution in [2.24, 2.45) is 11.8 Å². The molecule has 1 heterocycles. The van der Waals surface area contributed by atoms with Crippen LogP contribution in [0.3, 0.4) is 0 Å². The van der Waals surface area contributed by atoms with Crippen molar-refractivity contribution in [3.05, 3.63) is 0 Å². The van der Waals surface area contributed by atoms with Crippen molar-refractivity contribution in [1.29, 1.82) is 0 Å². The van der Waals surface area contributed by atoms with Gasteiger partial charge in [0.25, 0.3) is 0 Å². The number of hydrogen-bond donors (Lipinski definition) is 1. The minimum absolute atomic E-state index is 0.851. The molecule has 14 heavy (non-hydrogen) atoms. The third kappa shape index (κ3) is 2.66. The van der Waals surface area contributed by atoms with Crippen molar-refractivity contribution in [3.63, 3.8) is 0 Å². The first kappa shape index (κ1) is 10.8. The van der Waals surface area contributed by atoms with Crippen molar-refractivity contribution >= 4 is 11.8 Å². The first-order chi connectivity index (χ1) is 6.75. The van der Waals surface area contributed by atoms with E-state index in [0.29, 0.717) is 0 Å². The molecule has 0 aromatic heterocycles. The summed E-state index contributed by atoms with van der Waals surface area (Å²) in [5, 5.41) is 4.65. The highest BCUT2D eigenvalue weighted by Gasteiger charge is 2.31. The van der Waals surface area contributed by atoms with E-state index in [4.69, 9.17) is 0 Å². The van der Waals surface area contributed by atoms with Gasteiger partial charge in [-0.3, -0.25) is 0 Å². The quantitative estimate of drug-likeness (QED) is 0.770. The second kappa shape index (κ2) is 4.89. The molecule has 0 bridgehead atoms. The fourth-order valence-corrected chi connectivity index (χ4v) is 3.69. The summed E-state index contributed by atoms with van der Waals surface area (Å²) in [6.07, 6.45) is 5.73. The second-order valence-corrected chi connectivity index (χ2v) is 6.62. The number of rotatable bonds is 4. The summed E-state index contributed by atoms with van der Waals surface area (Å²) in [6, 6.07) is 0.851. The normalized spacial score (nSPS) is 37.5. The number of nitrogens with one attached hydrogen (secondary N) is 1. The van der Waals surface area contributed by atoms with Crippen LogP contribution in [0.15, 0.2) is 0 Å². The van der Waals surface area contributed by atoms with Crippen LogP contribution in [0.5, 0.6) is 0 Å². The first-order valence-electron chi connectivity index (χ1n) is 6.10. The highest BCUT2D eigenvalue weighted by molar-refractivity contribution is 8.00. The van der Waals surface area contributed by atoms with E-state index in [0.717, 1.165) is 23.1 Å². The van der Waals surface area contributed by atoms with E-state index in [1.807, 2.05) is 0 Å². The third-order valence-corrected chi connectivity index (χ3v) is 5.17. The van der Waals surface area contributed by atoms with Crippen molar-refractivity contribution in [1.82, 2.24) is 5.32 Å². The number of thioether (sulfide) groups is 1. The molecule has 0 spiro atoms. The molecule has 82 valence electrons. The summed E-state index contributed by atoms with van der Waals surface area (Å²) in [5.41, 5.74) is 0. The summed E-state index contributed by atoms with van der Waals surface area (Å²) in [5.74, 6) is 3.30. The molecule has 0 aromatic carbocycles. The molecule has 1 unspecified atom stereocenters. The van der Waals surface area contributed by atoms with Gasteiger partial charge in [0.1, 0.15) is 0 Å².